The molecule has 0 N–H and O–H groups in total. The van der Waals surface area contributed by atoms with Crippen molar-refractivity contribution in [2.24, 2.45) is 0 Å². The fourth-order valence-corrected chi connectivity index (χ4v) is 7.83. The van der Waals surface area contributed by atoms with Crippen molar-refractivity contribution in [3.05, 3.63) is 199 Å². The first-order chi connectivity index (χ1) is 32.9. The Bertz CT molecular complexity index is 3860. The zero-order chi connectivity index (χ0) is 47.3. The lowest BCUT2D eigenvalue weighted by Crippen LogP contribution is -2.02. The highest BCUT2D eigenvalue weighted by molar-refractivity contribution is 6.12. The van der Waals surface area contributed by atoms with Crippen LogP contribution < -0.4 is 0 Å². The maximum Gasteiger partial charge on any atom is 0.164 e. The monoisotopic (exact) mass is 750 g/mol. The summed E-state index contributed by atoms with van der Waals surface area (Å²) < 4.78 is 88.6. The molecule has 0 spiro atoms. The second-order valence-electron chi connectivity index (χ2n) is 13.7. The molecule has 0 amide bonds. The number of para-hydroxylation sites is 3. The zero-order valence-corrected chi connectivity index (χ0v) is 30.4. The van der Waals surface area contributed by atoms with Crippen molar-refractivity contribution in [2.75, 3.05) is 0 Å². The van der Waals surface area contributed by atoms with E-state index in [1.54, 1.807) is 18.2 Å². The summed E-state index contributed by atoms with van der Waals surface area (Å²) in [5, 5.41) is 15.0. The quantitative estimate of drug-likeness (QED) is 0.170. The van der Waals surface area contributed by atoms with Crippen LogP contribution in [0, 0.1) is 11.3 Å². The van der Waals surface area contributed by atoms with E-state index in [1.165, 1.54) is 0 Å². The summed E-state index contributed by atoms with van der Waals surface area (Å²) in [6.45, 7) is 0. The van der Waals surface area contributed by atoms with Crippen LogP contribution in [-0.4, -0.2) is 24.1 Å². The molecule has 0 radical (unpaired) electrons. The maximum atomic E-state index is 10.8. The van der Waals surface area contributed by atoms with Gasteiger partial charge in [0.25, 0.3) is 0 Å². The number of benzene rings is 8. The maximum absolute atomic E-state index is 10.8. The Morgan fingerprint density at radius 2 is 0.879 bits per heavy atom. The normalized spacial score (nSPS) is 13.8. The Morgan fingerprint density at radius 1 is 0.414 bits per heavy atom. The number of hydrogen-bond donors (Lipinski definition) is 0. The Hall–Kier alpha value is -8.14. The van der Waals surface area contributed by atoms with Gasteiger partial charge in [0.05, 0.1) is 47.0 Å². The highest BCUT2D eigenvalue weighted by atomic mass is 15.0. The van der Waals surface area contributed by atoms with Crippen LogP contribution in [0.2, 0.25) is 0 Å². The Morgan fingerprint density at radius 3 is 1.45 bits per heavy atom. The Balaban J connectivity index is 1.07. The first-order valence-corrected chi connectivity index (χ1v) is 18.4. The molecule has 6 nitrogen and oxygen atoms in total. The molecule has 0 saturated carbocycles. The molecule has 0 fully saturated rings. The molecule has 11 aromatic rings. The lowest BCUT2D eigenvalue weighted by atomic mass is 10.0. The Labute approximate surface area is 348 Å². The number of rotatable bonds is 6. The lowest BCUT2D eigenvalue weighted by Gasteiger charge is -2.13. The predicted octanol–water partition coefficient (Wildman–Crippen LogP) is 12.6. The molecule has 0 aliphatic rings. The lowest BCUT2D eigenvalue weighted by molar-refractivity contribution is 1.07. The van der Waals surface area contributed by atoms with Crippen LogP contribution in [0.1, 0.15) is 19.3 Å². The molecular formula is C52H32N6. The van der Waals surface area contributed by atoms with Crippen LogP contribution in [-0.2, 0) is 0 Å². The summed E-state index contributed by atoms with van der Waals surface area (Å²) >= 11 is 0. The third kappa shape index (κ3) is 5.45. The summed E-state index contributed by atoms with van der Waals surface area (Å²) in [5.41, 5.74) is 7.26. The van der Waals surface area contributed by atoms with Gasteiger partial charge in [-0.1, -0.05) is 127 Å². The fraction of sp³-hybridized carbons (Fsp3) is 0. The predicted molar refractivity (Wildman–Crippen MR) is 235 cm³/mol. The summed E-state index contributed by atoms with van der Waals surface area (Å²) in [6, 6.07) is 40.4. The van der Waals surface area contributed by atoms with Gasteiger partial charge in [0.15, 0.2) is 17.5 Å². The van der Waals surface area contributed by atoms with Gasteiger partial charge in [-0.15, -0.1) is 0 Å². The van der Waals surface area contributed by atoms with E-state index in [9.17, 15) is 5.26 Å². The average Bonchev–Trinajstić information content (AvgIpc) is 3.88. The standard InChI is InChI=1S/C52H32N6/c53-33-39-30-38(52-55-50(34-14-4-1-5-15-34)54-51(56-52)35-16-6-2-7-17-35)26-27-45(39)58-47-23-13-11-21-42(47)44-32-37(25-29-49(44)58)36-24-28-48-43(31-36)41-20-10-12-22-46(41)57(48)40-18-8-3-9-19-40/h1-32H/i1D,2D,4D,5D,6D,7D,14D,15D,16D,17D. The minimum Gasteiger partial charge on any atom is -0.309 e. The average molecular weight is 751 g/mol. The first-order valence-electron chi connectivity index (χ1n) is 23.4. The molecule has 270 valence electrons. The molecule has 3 heterocycles. The molecule has 0 unspecified atom stereocenters. The minimum atomic E-state index is -0.644. The molecule has 11 rings (SSSR count). The van der Waals surface area contributed by atoms with Crippen molar-refractivity contribution in [3.8, 4) is 62.7 Å². The van der Waals surface area contributed by atoms with Crippen molar-refractivity contribution in [1.82, 2.24) is 24.1 Å². The second-order valence-corrected chi connectivity index (χ2v) is 13.7. The van der Waals surface area contributed by atoms with Crippen molar-refractivity contribution in [2.45, 2.75) is 0 Å². The highest BCUT2D eigenvalue weighted by Crippen LogP contribution is 2.39. The van der Waals surface area contributed by atoms with E-state index >= 15 is 0 Å². The van der Waals surface area contributed by atoms with E-state index in [0.717, 1.165) is 60.4 Å². The summed E-state index contributed by atoms with van der Waals surface area (Å²) in [5.74, 6) is -0.922. The molecule has 0 saturated heterocycles. The number of hydrogen-bond acceptors (Lipinski definition) is 4. The van der Waals surface area contributed by atoms with Gasteiger partial charge in [-0.3, -0.25) is 0 Å². The molecule has 58 heavy (non-hydrogen) atoms. The third-order valence-electron chi connectivity index (χ3n) is 10.4. The SMILES string of the molecule is [2H]c1c([2H])c([2H])c(-c2nc(-c3ccc(-n4c5ccccc5c5cc(-c6ccc7c(c6)c6ccccc6n7-c6ccccc6)ccc54)c(C#N)c3)nc(-c3c([2H])c([2H])c([2H])c([2H])c3[2H])n2)c([2H])c1[2H]. The van der Waals surface area contributed by atoms with E-state index in [1.807, 2.05) is 53.1 Å². The third-order valence-corrected chi connectivity index (χ3v) is 10.4. The van der Waals surface area contributed by atoms with Gasteiger partial charge in [0.2, 0.25) is 0 Å². The topological polar surface area (TPSA) is 72.3 Å². The summed E-state index contributed by atoms with van der Waals surface area (Å²) in [6.07, 6.45) is 0. The molecule has 0 aliphatic carbocycles. The number of nitriles is 1. The Kier molecular flexibility index (Phi) is 5.70. The van der Waals surface area contributed by atoms with Crippen LogP contribution >= 0.6 is 0 Å². The highest BCUT2D eigenvalue weighted by Gasteiger charge is 2.19. The molecule has 0 atom stereocenters. The second kappa shape index (κ2) is 13.6. The minimum absolute atomic E-state index is 0.137. The van der Waals surface area contributed by atoms with E-state index in [4.69, 9.17) is 13.7 Å². The van der Waals surface area contributed by atoms with Gasteiger partial charge in [0, 0.05) is 43.9 Å². The van der Waals surface area contributed by atoms with Crippen LogP contribution in [0.4, 0.5) is 0 Å². The van der Waals surface area contributed by atoms with Gasteiger partial charge >= 0.3 is 0 Å². The van der Waals surface area contributed by atoms with Crippen LogP contribution in [0.15, 0.2) is 194 Å². The number of fused-ring (bicyclic) bond motifs is 6. The van der Waals surface area contributed by atoms with E-state index in [-0.39, 0.29) is 28.1 Å². The fourth-order valence-electron chi connectivity index (χ4n) is 7.83. The van der Waals surface area contributed by atoms with Crippen molar-refractivity contribution >= 4 is 43.6 Å². The van der Waals surface area contributed by atoms with Crippen molar-refractivity contribution in [1.29, 1.82) is 5.26 Å². The summed E-state index contributed by atoms with van der Waals surface area (Å²) in [4.78, 5) is 13.5. The summed E-state index contributed by atoms with van der Waals surface area (Å²) in [7, 11) is 0. The zero-order valence-electron chi connectivity index (χ0n) is 40.4. The van der Waals surface area contributed by atoms with Gasteiger partial charge in [-0.05, 0) is 77.9 Å². The first kappa shape index (κ1) is 24.4. The molecule has 3 aromatic heterocycles. The van der Waals surface area contributed by atoms with Crippen molar-refractivity contribution < 1.29 is 13.7 Å². The van der Waals surface area contributed by atoms with Gasteiger partial charge in [-0.2, -0.15) is 5.26 Å². The smallest absolute Gasteiger partial charge is 0.164 e. The van der Waals surface area contributed by atoms with E-state index < -0.39 is 72.1 Å². The van der Waals surface area contributed by atoms with Gasteiger partial charge in [0.1, 0.15) is 6.07 Å². The molecule has 8 aromatic carbocycles. The van der Waals surface area contributed by atoms with Crippen LogP contribution in [0.25, 0.3) is 100 Å². The van der Waals surface area contributed by atoms with Crippen LogP contribution in [0.5, 0.6) is 0 Å². The largest absolute Gasteiger partial charge is 0.309 e. The van der Waals surface area contributed by atoms with E-state index in [0.29, 0.717) is 5.69 Å². The van der Waals surface area contributed by atoms with E-state index in [2.05, 4.69) is 92.3 Å². The molecule has 0 bridgehead atoms. The van der Waals surface area contributed by atoms with Crippen molar-refractivity contribution in [3.63, 3.8) is 0 Å². The number of nitrogens with zero attached hydrogens (tertiary/aromatic N) is 6. The molecular weight excluding hydrogens is 709 g/mol. The van der Waals surface area contributed by atoms with Gasteiger partial charge in [-0.25, -0.2) is 15.0 Å². The number of aromatic nitrogens is 5. The molecule has 6 heteroatoms. The van der Waals surface area contributed by atoms with Gasteiger partial charge < -0.3 is 9.13 Å². The molecule has 0 aliphatic heterocycles. The van der Waals surface area contributed by atoms with Crippen LogP contribution in [0.3, 0.4) is 0 Å².